The maximum absolute atomic E-state index is 11.4. The lowest BCUT2D eigenvalue weighted by atomic mass is 9.89. The second-order valence-corrected chi connectivity index (χ2v) is 5.18. The highest BCUT2D eigenvalue weighted by molar-refractivity contribution is 5.76. The third kappa shape index (κ3) is 6.11. The summed E-state index contributed by atoms with van der Waals surface area (Å²) in [5, 5.41) is 6.30. The number of nitrogens with one attached hydrogen (secondary N) is 2. The molecule has 1 aliphatic rings. The molecule has 1 aliphatic carbocycles. The molecule has 0 unspecified atom stereocenters. The third-order valence-electron chi connectivity index (χ3n) is 3.14. The summed E-state index contributed by atoms with van der Waals surface area (Å²) in [5.74, 6) is 1.01. The summed E-state index contributed by atoms with van der Waals surface area (Å²) in [4.78, 5) is 11.4. The molecule has 1 saturated carbocycles. The van der Waals surface area contributed by atoms with Gasteiger partial charge in [-0.25, -0.2) is 0 Å². The molecule has 0 spiro atoms. The summed E-state index contributed by atoms with van der Waals surface area (Å²) in [6.07, 6.45) is 7.52. The molecular weight excluding hydrogens is 200 g/mol. The summed E-state index contributed by atoms with van der Waals surface area (Å²) in [7, 11) is 0. The monoisotopic (exact) mass is 226 g/mol. The highest BCUT2D eigenvalue weighted by Gasteiger charge is 2.12. The maximum Gasteiger partial charge on any atom is 0.221 e. The molecule has 16 heavy (non-hydrogen) atoms. The van der Waals surface area contributed by atoms with Crippen molar-refractivity contribution in [2.45, 2.75) is 58.4 Å². The molecule has 0 radical (unpaired) electrons. The lowest BCUT2D eigenvalue weighted by Crippen LogP contribution is -2.33. The molecule has 2 N–H and O–H groups in total. The smallest absolute Gasteiger partial charge is 0.221 e. The van der Waals surface area contributed by atoms with Gasteiger partial charge in [0.2, 0.25) is 5.91 Å². The average Bonchev–Trinajstić information content (AvgIpc) is 2.25. The van der Waals surface area contributed by atoms with E-state index >= 15 is 0 Å². The molecule has 0 saturated heterocycles. The largest absolute Gasteiger partial charge is 0.354 e. The minimum absolute atomic E-state index is 0.158. The Bertz CT molecular complexity index is 198. The summed E-state index contributed by atoms with van der Waals surface area (Å²) < 4.78 is 0. The van der Waals surface area contributed by atoms with Crippen LogP contribution in [0.5, 0.6) is 0 Å². The molecule has 3 heteroatoms. The first-order valence-electron chi connectivity index (χ1n) is 6.68. The minimum atomic E-state index is 0.158. The normalized spacial score (nSPS) is 17.7. The molecule has 0 aliphatic heterocycles. The van der Waals surface area contributed by atoms with Gasteiger partial charge >= 0.3 is 0 Å². The Morgan fingerprint density at radius 3 is 2.56 bits per heavy atom. The molecule has 1 amide bonds. The van der Waals surface area contributed by atoms with E-state index in [0.717, 1.165) is 19.0 Å². The fourth-order valence-corrected chi connectivity index (χ4v) is 2.29. The van der Waals surface area contributed by atoms with Crippen LogP contribution < -0.4 is 10.6 Å². The highest BCUT2D eigenvalue weighted by atomic mass is 16.1. The van der Waals surface area contributed by atoms with Gasteiger partial charge in [0.05, 0.1) is 0 Å². The van der Waals surface area contributed by atoms with Crippen molar-refractivity contribution < 1.29 is 4.79 Å². The standard InChI is InChI=1S/C13H26N2O/c1-11(2)15-13(16)8-9-14-10-12-6-4-3-5-7-12/h11-12,14H,3-10H2,1-2H3,(H,15,16). The molecule has 0 bridgehead atoms. The molecule has 3 nitrogen and oxygen atoms in total. The number of amides is 1. The lowest BCUT2D eigenvalue weighted by Gasteiger charge is -2.21. The van der Waals surface area contributed by atoms with Crippen molar-refractivity contribution in [2.24, 2.45) is 5.92 Å². The third-order valence-corrected chi connectivity index (χ3v) is 3.14. The summed E-state index contributed by atoms with van der Waals surface area (Å²) in [6, 6.07) is 0.255. The molecule has 0 atom stereocenters. The SMILES string of the molecule is CC(C)NC(=O)CCNCC1CCCCC1. The van der Waals surface area contributed by atoms with Crippen LogP contribution in [0.15, 0.2) is 0 Å². The molecule has 1 fully saturated rings. The van der Waals surface area contributed by atoms with Crippen LogP contribution in [0.25, 0.3) is 0 Å². The van der Waals surface area contributed by atoms with Crippen LogP contribution in [0.4, 0.5) is 0 Å². The summed E-state index contributed by atoms with van der Waals surface area (Å²) in [5.41, 5.74) is 0. The number of hydrogen-bond acceptors (Lipinski definition) is 2. The zero-order valence-corrected chi connectivity index (χ0v) is 10.7. The van der Waals surface area contributed by atoms with Crippen molar-refractivity contribution in [3.8, 4) is 0 Å². The van der Waals surface area contributed by atoms with E-state index in [4.69, 9.17) is 0 Å². The van der Waals surface area contributed by atoms with Gasteiger partial charge in [-0.2, -0.15) is 0 Å². The summed E-state index contributed by atoms with van der Waals surface area (Å²) >= 11 is 0. The van der Waals surface area contributed by atoms with Crippen LogP contribution in [0.3, 0.4) is 0 Å². The first-order valence-corrected chi connectivity index (χ1v) is 6.68. The fraction of sp³-hybridized carbons (Fsp3) is 0.923. The van der Waals surface area contributed by atoms with Gasteiger partial charge in [-0.15, -0.1) is 0 Å². The number of carbonyl (C=O) groups excluding carboxylic acids is 1. The van der Waals surface area contributed by atoms with Crippen LogP contribution in [-0.2, 0) is 4.79 Å². The molecule has 1 rings (SSSR count). The quantitative estimate of drug-likeness (QED) is 0.681. The van der Waals surface area contributed by atoms with Crippen molar-refractivity contribution in [1.82, 2.24) is 10.6 Å². The second kappa shape index (κ2) is 7.66. The Morgan fingerprint density at radius 2 is 1.94 bits per heavy atom. The van der Waals surface area contributed by atoms with Crippen molar-refractivity contribution >= 4 is 5.91 Å². The van der Waals surface area contributed by atoms with Crippen LogP contribution in [0.1, 0.15) is 52.4 Å². The van der Waals surface area contributed by atoms with Gasteiger partial charge in [0.15, 0.2) is 0 Å². The Labute approximate surface area is 99.4 Å². The van der Waals surface area contributed by atoms with Crippen LogP contribution in [0, 0.1) is 5.92 Å². The van der Waals surface area contributed by atoms with E-state index in [1.807, 2.05) is 13.8 Å². The van der Waals surface area contributed by atoms with E-state index in [0.29, 0.717) is 6.42 Å². The number of rotatable bonds is 6. The number of carbonyl (C=O) groups is 1. The summed E-state index contributed by atoms with van der Waals surface area (Å²) in [6.45, 7) is 5.89. The second-order valence-electron chi connectivity index (χ2n) is 5.18. The van der Waals surface area contributed by atoms with Gasteiger partial charge in [-0.1, -0.05) is 19.3 Å². The van der Waals surface area contributed by atoms with Crippen molar-refractivity contribution in [3.63, 3.8) is 0 Å². The molecule has 0 aromatic heterocycles. The van der Waals surface area contributed by atoms with Crippen molar-refractivity contribution in [3.05, 3.63) is 0 Å². The molecule has 0 aromatic carbocycles. The van der Waals surface area contributed by atoms with E-state index in [1.54, 1.807) is 0 Å². The Balaban J connectivity index is 1.96. The molecule has 0 aromatic rings. The number of hydrogen-bond donors (Lipinski definition) is 2. The van der Waals surface area contributed by atoms with E-state index in [-0.39, 0.29) is 11.9 Å². The first kappa shape index (κ1) is 13.5. The van der Waals surface area contributed by atoms with E-state index in [9.17, 15) is 4.79 Å². The van der Waals surface area contributed by atoms with E-state index in [2.05, 4.69) is 10.6 Å². The zero-order valence-electron chi connectivity index (χ0n) is 10.7. The van der Waals surface area contributed by atoms with Gasteiger partial charge < -0.3 is 10.6 Å². The fourth-order valence-electron chi connectivity index (χ4n) is 2.29. The van der Waals surface area contributed by atoms with Crippen LogP contribution in [-0.4, -0.2) is 25.0 Å². The van der Waals surface area contributed by atoms with Gasteiger partial charge in [-0.05, 0) is 39.2 Å². The average molecular weight is 226 g/mol. The van der Waals surface area contributed by atoms with E-state index in [1.165, 1.54) is 32.1 Å². The predicted octanol–water partition coefficient (Wildman–Crippen LogP) is 2.07. The lowest BCUT2D eigenvalue weighted by molar-refractivity contribution is -0.121. The van der Waals surface area contributed by atoms with Crippen LogP contribution in [0.2, 0.25) is 0 Å². The molecular formula is C13H26N2O. The van der Waals surface area contributed by atoms with Gasteiger partial charge in [0.25, 0.3) is 0 Å². The van der Waals surface area contributed by atoms with Gasteiger partial charge in [0.1, 0.15) is 0 Å². The Morgan fingerprint density at radius 1 is 1.25 bits per heavy atom. The Hall–Kier alpha value is -0.570. The molecule has 94 valence electrons. The predicted molar refractivity (Wildman–Crippen MR) is 67.3 cm³/mol. The zero-order chi connectivity index (χ0) is 11.8. The van der Waals surface area contributed by atoms with Crippen molar-refractivity contribution in [2.75, 3.05) is 13.1 Å². The Kier molecular flexibility index (Phi) is 6.46. The van der Waals surface area contributed by atoms with Gasteiger partial charge in [0, 0.05) is 19.0 Å². The first-order chi connectivity index (χ1) is 7.68. The topological polar surface area (TPSA) is 41.1 Å². The van der Waals surface area contributed by atoms with Crippen molar-refractivity contribution in [1.29, 1.82) is 0 Å². The highest BCUT2D eigenvalue weighted by Crippen LogP contribution is 2.22. The van der Waals surface area contributed by atoms with Crippen LogP contribution >= 0.6 is 0 Å². The molecule has 0 heterocycles. The van der Waals surface area contributed by atoms with Gasteiger partial charge in [-0.3, -0.25) is 4.79 Å². The minimum Gasteiger partial charge on any atom is -0.354 e. The maximum atomic E-state index is 11.4. The van der Waals surface area contributed by atoms with E-state index < -0.39 is 0 Å².